The Hall–Kier alpha value is -3.19. The Bertz CT molecular complexity index is 1040. The summed E-state index contributed by atoms with van der Waals surface area (Å²) in [5.41, 5.74) is 0.622. The number of nitrogens with zero attached hydrogens (tertiary/aromatic N) is 2. The zero-order valence-electron chi connectivity index (χ0n) is 25.0. The van der Waals surface area contributed by atoms with Crippen LogP contribution in [0, 0.1) is 0 Å². The minimum atomic E-state index is -5.05. The van der Waals surface area contributed by atoms with Crippen molar-refractivity contribution < 1.29 is 32.3 Å². The lowest BCUT2D eigenvalue weighted by molar-refractivity contribution is -0.186. The van der Waals surface area contributed by atoms with E-state index in [1.54, 1.807) is 37.4 Å². The van der Waals surface area contributed by atoms with E-state index in [1.165, 1.54) is 4.90 Å². The van der Waals surface area contributed by atoms with Crippen molar-refractivity contribution in [3.8, 4) is 0 Å². The molecule has 1 aromatic carbocycles. The molecule has 1 heterocycles. The molecule has 1 aliphatic rings. The Labute approximate surface area is 246 Å². The van der Waals surface area contributed by atoms with E-state index in [0.29, 0.717) is 25.8 Å². The predicted molar refractivity (Wildman–Crippen MR) is 153 cm³/mol. The average molecular weight is 599 g/mol. The first-order valence-electron chi connectivity index (χ1n) is 14.4. The largest absolute Gasteiger partial charge is 0.471 e. The highest BCUT2D eigenvalue weighted by Gasteiger charge is 2.44. The monoisotopic (exact) mass is 598 g/mol. The fourth-order valence-electron chi connectivity index (χ4n) is 4.80. The van der Waals surface area contributed by atoms with Crippen molar-refractivity contribution in [1.82, 2.24) is 31.1 Å². The second kappa shape index (κ2) is 16.4. The van der Waals surface area contributed by atoms with Gasteiger partial charge in [-0.3, -0.25) is 19.2 Å². The molecule has 2 atom stereocenters. The van der Waals surface area contributed by atoms with Gasteiger partial charge in [0.05, 0.1) is 6.54 Å². The molecule has 1 aromatic rings. The van der Waals surface area contributed by atoms with Crippen molar-refractivity contribution in [2.45, 2.75) is 76.2 Å². The van der Waals surface area contributed by atoms with Crippen molar-refractivity contribution in [2.24, 2.45) is 0 Å². The fraction of sp³-hybridized carbons (Fsp3) is 0.655. The summed E-state index contributed by atoms with van der Waals surface area (Å²) in [6, 6.07) is 7.20. The number of alkyl halides is 3. The van der Waals surface area contributed by atoms with Gasteiger partial charge >= 0.3 is 12.1 Å². The summed E-state index contributed by atoms with van der Waals surface area (Å²) in [4.78, 5) is 53.1. The van der Waals surface area contributed by atoms with E-state index < -0.39 is 36.0 Å². The number of hydrogen-bond donors (Lipinski definition) is 4. The Morgan fingerprint density at radius 3 is 2.38 bits per heavy atom. The molecule has 0 radical (unpaired) electrons. The van der Waals surface area contributed by atoms with E-state index in [0.717, 1.165) is 10.5 Å². The topological polar surface area (TPSA) is 123 Å². The number of likely N-dealkylation sites (N-methyl/N-ethyl adjacent to an activating group) is 1. The first kappa shape index (κ1) is 35.0. The molecule has 0 aliphatic carbocycles. The summed E-state index contributed by atoms with van der Waals surface area (Å²) < 4.78 is 40.4. The third-order valence-electron chi connectivity index (χ3n) is 7.51. The molecule has 4 N–H and O–H groups in total. The lowest BCUT2D eigenvalue weighted by Gasteiger charge is -2.33. The Morgan fingerprint density at radius 1 is 1.07 bits per heavy atom. The first-order valence-corrected chi connectivity index (χ1v) is 14.4. The summed E-state index contributed by atoms with van der Waals surface area (Å²) in [5, 5.41) is 11.4. The number of nitrogens with one attached hydrogen (secondary N) is 4. The number of carbonyl (C=O) groups is 4. The molecule has 2 unspecified atom stereocenters. The second-order valence-electron chi connectivity index (χ2n) is 11.2. The van der Waals surface area contributed by atoms with Crippen molar-refractivity contribution in [3.05, 3.63) is 35.9 Å². The van der Waals surface area contributed by atoms with Gasteiger partial charge in [-0.1, -0.05) is 30.3 Å². The molecule has 0 bridgehead atoms. The van der Waals surface area contributed by atoms with Gasteiger partial charge in [0.15, 0.2) is 0 Å². The van der Waals surface area contributed by atoms with Crippen LogP contribution < -0.4 is 21.3 Å². The van der Waals surface area contributed by atoms with Gasteiger partial charge < -0.3 is 31.1 Å². The standard InChI is InChI=1S/C29H45F3N6O4/c1-28(2,34-4)15-16-35-24(39)13-12-23(36-25(40)19-33-3)26(41)38-17-8-11-22(38)20-37(27(42)29(30,31)32)18-14-21-9-6-5-7-10-21/h5-7,9-10,22-23,33-34H,8,11-20H2,1-4H3,(H,35,39)(H,36,40). The summed E-state index contributed by atoms with van der Waals surface area (Å²) in [5.74, 6) is -3.15. The number of amides is 4. The molecule has 13 heteroatoms. The van der Waals surface area contributed by atoms with Crippen molar-refractivity contribution in [2.75, 3.05) is 46.8 Å². The van der Waals surface area contributed by atoms with Crippen LogP contribution >= 0.6 is 0 Å². The van der Waals surface area contributed by atoms with Crippen LogP contribution in [-0.4, -0.2) is 104 Å². The number of hydrogen-bond acceptors (Lipinski definition) is 6. The van der Waals surface area contributed by atoms with Crippen molar-refractivity contribution >= 4 is 23.6 Å². The molecule has 1 aliphatic heterocycles. The number of carbonyl (C=O) groups excluding carboxylic acids is 4. The van der Waals surface area contributed by atoms with E-state index in [-0.39, 0.29) is 56.9 Å². The van der Waals surface area contributed by atoms with E-state index >= 15 is 0 Å². The average Bonchev–Trinajstić information content (AvgIpc) is 3.40. The maximum Gasteiger partial charge on any atom is 0.471 e. The molecule has 236 valence electrons. The van der Waals surface area contributed by atoms with Crippen LogP contribution in [0.3, 0.4) is 0 Å². The minimum absolute atomic E-state index is 0.0233. The van der Waals surface area contributed by atoms with E-state index in [9.17, 15) is 32.3 Å². The Morgan fingerprint density at radius 2 is 1.76 bits per heavy atom. The predicted octanol–water partition coefficient (Wildman–Crippen LogP) is 1.60. The molecule has 1 saturated heterocycles. The Kier molecular flexibility index (Phi) is 13.7. The highest BCUT2D eigenvalue weighted by Crippen LogP contribution is 2.24. The fourth-order valence-corrected chi connectivity index (χ4v) is 4.80. The van der Waals surface area contributed by atoms with E-state index in [2.05, 4.69) is 21.3 Å². The molecule has 10 nitrogen and oxygen atoms in total. The van der Waals surface area contributed by atoms with Gasteiger partial charge in [-0.05, 0) is 65.6 Å². The molecule has 4 amide bonds. The van der Waals surface area contributed by atoms with Crippen LogP contribution in [-0.2, 0) is 25.6 Å². The molecule has 0 saturated carbocycles. The highest BCUT2D eigenvalue weighted by atomic mass is 19.4. The third kappa shape index (κ3) is 11.6. The van der Waals surface area contributed by atoms with Gasteiger partial charge in [0.25, 0.3) is 0 Å². The molecular weight excluding hydrogens is 553 g/mol. The number of halogens is 3. The van der Waals surface area contributed by atoms with Gasteiger partial charge in [-0.2, -0.15) is 13.2 Å². The van der Waals surface area contributed by atoms with Crippen LogP contribution in [0.2, 0.25) is 0 Å². The normalized spacial score (nSPS) is 16.2. The number of rotatable bonds is 16. The maximum atomic E-state index is 13.6. The van der Waals surface area contributed by atoms with Gasteiger partial charge in [0.2, 0.25) is 17.7 Å². The lowest BCUT2D eigenvalue weighted by Crippen LogP contribution is -2.54. The molecule has 0 aromatic heterocycles. The number of likely N-dealkylation sites (tertiary alicyclic amines) is 1. The summed E-state index contributed by atoms with van der Waals surface area (Å²) in [6.45, 7) is 4.22. The zero-order valence-corrected chi connectivity index (χ0v) is 25.0. The quantitative estimate of drug-likeness (QED) is 0.229. The lowest BCUT2D eigenvalue weighted by atomic mass is 10.0. The van der Waals surface area contributed by atoms with Crippen LogP contribution in [0.25, 0.3) is 0 Å². The highest BCUT2D eigenvalue weighted by molar-refractivity contribution is 5.89. The molecule has 42 heavy (non-hydrogen) atoms. The zero-order chi connectivity index (χ0) is 31.3. The third-order valence-corrected chi connectivity index (χ3v) is 7.51. The summed E-state index contributed by atoms with van der Waals surface area (Å²) in [7, 11) is 3.41. The maximum absolute atomic E-state index is 13.6. The molecule has 0 spiro atoms. The van der Waals surface area contributed by atoms with Crippen LogP contribution in [0.15, 0.2) is 30.3 Å². The SMILES string of the molecule is CNCC(=O)NC(CCC(=O)NCCC(C)(C)NC)C(=O)N1CCCC1CN(CCc1ccccc1)C(=O)C(F)(F)F. The first-order chi connectivity index (χ1) is 19.8. The van der Waals surface area contributed by atoms with Crippen molar-refractivity contribution in [1.29, 1.82) is 0 Å². The number of benzene rings is 1. The summed E-state index contributed by atoms with van der Waals surface area (Å²) >= 11 is 0. The minimum Gasteiger partial charge on any atom is -0.356 e. The second-order valence-corrected chi connectivity index (χ2v) is 11.2. The van der Waals surface area contributed by atoms with Crippen molar-refractivity contribution in [3.63, 3.8) is 0 Å². The van der Waals surface area contributed by atoms with E-state index in [4.69, 9.17) is 0 Å². The van der Waals surface area contributed by atoms with Gasteiger partial charge in [0, 0.05) is 44.2 Å². The smallest absolute Gasteiger partial charge is 0.356 e. The summed E-state index contributed by atoms with van der Waals surface area (Å²) in [6.07, 6.45) is -3.18. The van der Waals surface area contributed by atoms with Crippen LogP contribution in [0.1, 0.15) is 51.5 Å². The molecule has 2 rings (SSSR count). The molecular formula is C29H45F3N6O4. The van der Waals surface area contributed by atoms with Gasteiger partial charge in [-0.15, -0.1) is 0 Å². The van der Waals surface area contributed by atoms with Gasteiger partial charge in [-0.25, -0.2) is 0 Å². The molecule has 1 fully saturated rings. The van der Waals surface area contributed by atoms with Crippen LogP contribution in [0.5, 0.6) is 0 Å². The Balaban J connectivity index is 2.12. The van der Waals surface area contributed by atoms with Crippen LogP contribution in [0.4, 0.5) is 13.2 Å². The van der Waals surface area contributed by atoms with Gasteiger partial charge in [0.1, 0.15) is 6.04 Å². The van der Waals surface area contributed by atoms with E-state index in [1.807, 2.05) is 20.9 Å².